The van der Waals surface area contributed by atoms with E-state index in [2.05, 4.69) is 92.1 Å². The van der Waals surface area contributed by atoms with Gasteiger partial charge in [0.05, 0.1) is 25.4 Å². The molecule has 0 aromatic heterocycles. The molecule has 9 heteroatoms. The number of allylic oxidation sites excluding steroid dienone is 13. The molecule has 308 valence electrons. The Morgan fingerprint density at radius 3 is 1.78 bits per heavy atom. The maximum absolute atomic E-state index is 12.9. The highest BCUT2D eigenvalue weighted by Crippen LogP contribution is 2.22. The second kappa shape index (κ2) is 34.8. The molecule has 0 bridgehead atoms. The number of aliphatic hydroxyl groups excluding tert-OH is 5. The smallest absolute Gasteiger partial charge is 0.220 e. The van der Waals surface area contributed by atoms with Crippen LogP contribution in [0.2, 0.25) is 0 Å². The van der Waals surface area contributed by atoms with Crippen molar-refractivity contribution in [3.63, 3.8) is 0 Å². The molecule has 0 aliphatic carbocycles. The van der Waals surface area contributed by atoms with E-state index in [1.165, 1.54) is 19.3 Å². The van der Waals surface area contributed by atoms with E-state index in [1.54, 1.807) is 6.08 Å². The van der Waals surface area contributed by atoms with Crippen molar-refractivity contribution in [3.8, 4) is 0 Å². The lowest BCUT2D eigenvalue weighted by Gasteiger charge is -2.40. The van der Waals surface area contributed by atoms with Gasteiger partial charge in [0.25, 0.3) is 0 Å². The van der Waals surface area contributed by atoms with Crippen LogP contribution in [0.1, 0.15) is 136 Å². The highest BCUT2D eigenvalue weighted by Gasteiger charge is 2.44. The number of ether oxygens (including phenoxy) is 2. The number of carbonyl (C=O) groups is 1. The van der Waals surface area contributed by atoms with Crippen molar-refractivity contribution in [3.05, 3.63) is 85.1 Å². The molecule has 1 saturated heterocycles. The Bertz CT molecular complexity index is 1110. The zero-order chi connectivity index (χ0) is 39.5. The second-order valence-electron chi connectivity index (χ2n) is 14.0. The van der Waals surface area contributed by atoms with Crippen LogP contribution in [0.5, 0.6) is 0 Å². The lowest BCUT2D eigenvalue weighted by molar-refractivity contribution is -0.302. The fourth-order valence-corrected chi connectivity index (χ4v) is 5.83. The number of carbonyl (C=O) groups excluding carboxylic acids is 1. The van der Waals surface area contributed by atoms with Gasteiger partial charge in [0.1, 0.15) is 24.4 Å². The predicted molar refractivity (Wildman–Crippen MR) is 221 cm³/mol. The third-order valence-corrected chi connectivity index (χ3v) is 9.20. The normalized spacial score (nSPS) is 22.4. The number of amides is 1. The van der Waals surface area contributed by atoms with Crippen LogP contribution in [0, 0.1) is 0 Å². The van der Waals surface area contributed by atoms with E-state index in [9.17, 15) is 30.3 Å². The first kappa shape index (κ1) is 49.4. The molecule has 0 aromatic carbocycles. The zero-order valence-electron chi connectivity index (χ0n) is 33.4. The minimum atomic E-state index is -1.58. The molecule has 1 rings (SSSR count). The molecule has 7 unspecified atom stereocenters. The Morgan fingerprint density at radius 2 is 1.17 bits per heavy atom. The molecule has 0 radical (unpaired) electrons. The summed E-state index contributed by atoms with van der Waals surface area (Å²) < 4.78 is 11.1. The van der Waals surface area contributed by atoms with Gasteiger partial charge in [-0.3, -0.25) is 4.79 Å². The van der Waals surface area contributed by atoms with E-state index in [-0.39, 0.29) is 12.5 Å². The molecule has 1 heterocycles. The first-order valence-electron chi connectivity index (χ1n) is 20.8. The monoisotopic (exact) mass is 758 g/mol. The van der Waals surface area contributed by atoms with E-state index in [0.717, 1.165) is 96.3 Å². The summed E-state index contributed by atoms with van der Waals surface area (Å²) in [6, 6.07) is -0.829. The van der Waals surface area contributed by atoms with Gasteiger partial charge in [-0.25, -0.2) is 0 Å². The summed E-state index contributed by atoms with van der Waals surface area (Å²) in [5, 5.41) is 53.8. The van der Waals surface area contributed by atoms with Crippen molar-refractivity contribution >= 4 is 5.91 Å². The fraction of sp³-hybridized carbons (Fsp3) is 0.667. The summed E-state index contributed by atoms with van der Waals surface area (Å²) in [7, 11) is 0. The van der Waals surface area contributed by atoms with Crippen LogP contribution in [0.25, 0.3) is 0 Å². The van der Waals surface area contributed by atoms with Crippen LogP contribution in [0.4, 0.5) is 0 Å². The van der Waals surface area contributed by atoms with Crippen molar-refractivity contribution < 1.29 is 39.8 Å². The fourth-order valence-electron chi connectivity index (χ4n) is 5.83. The Labute approximate surface area is 327 Å². The summed E-state index contributed by atoms with van der Waals surface area (Å²) in [6.07, 6.45) is 40.7. The van der Waals surface area contributed by atoms with E-state index >= 15 is 0 Å². The van der Waals surface area contributed by atoms with Gasteiger partial charge in [-0.1, -0.05) is 144 Å². The maximum atomic E-state index is 12.9. The zero-order valence-corrected chi connectivity index (χ0v) is 33.4. The summed E-state index contributed by atoms with van der Waals surface area (Å²) >= 11 is 0. The summed E-state index contributed by atoms with van der Waals surface area (Å²) in [5.74, 6) is -0.208. The molecule has 6 N–H and O–H groups in total. The lowest BCUT2D eigenvalue weighted by atomic mass is 9.99. The second-order valence-corrected chi connectivity index (χ2v) is 14.0. The number of hydrogen-bond acceptors (Lipinski definition) is 8. The number of rotatable bonds is 32. The van der Waals surface area contributed by atoms with Gasteiger partial charge in [0, 0.05) is 6.42 Å². The van der Waals surface area contributed by atoms with Crippen molar-refractivity contribution in [1.82, 2.24) is 5.32 Å². The van der Waals surface area contributed by atoms with Gasteiger partial charge in [-0.05, 0) is 70.6 Å². The van der Waals surface area contributed by atoms with Crippen LogP contribution < -0.4 is 5.32 Å². The average molecular weight is 758 g/mol. The van der Waals surface area contributed by atoms with Crippen molar-refractivity contribution in [1.29, 1.82) is 0 Å². The first-order valence-corrected chi connectivity index (χ1v) is 20.8. The minimum absolute atomic E-state index is 0.208. The molecule has 0 saturated carbocycles. The number of aliphatic hydroxyl groups is 5. The Kier molecular flexibility index (Phi) is 31.9. The number of unbranched alkanes of at least 4 members (excludes halogenated alkanes) is 10. The molecule has 1 fully saturated rings. The van der Waals surface area contributed by atoms with Crippen molar-refractivity contribution in [2.24, 2.45) is 0 Å². The van der Waals surface area contributed by atoms with Crippen molar-refractivity contribution in [2.75, 3.05) is 13.2 Å². The topological polar surface area (TPSA) is 149 Å². The lowest BCUT2D eigenvalue weighted by Crippen LogP contribution is -2.60. The molecule has 1 aliphatic heterocycles. The summed E-state index contributed by atoms with van der Waals surface area (Å²) in [6.45, 7) is 3.52. The first-order chi connectivity index (χ1) is 26.3. The van der Waals surface area contributed by atoms with Crippen LogP contribution in [-0.4, -0.2) is 87.5 Å². The molecule has 1 amide bonds. The number of nitrogens with one attached hydrogen (secondary N) is 1. The molecule has 0 aromatic rings. The van der Waals surface area contributed by atoms with Crippen LogP contribution in [0.15, 0.2) is 85.1 Å². The molecule has 54 heavy (non-hydrogen) atoms. The predicted octanol–water partition coefficient (Wildman–Crippen LogP) is 7.99. The van der Waals surface area contributed by atoms with Crippen LogP contribution in [-0.2, 0) is 14.3 Å². The van der Waals surface area contributed by atoms with Gasteiger partial charge in [0.2, 0.25) is 5.91 Å². The SMILES string of the molecule is CC/C=C\C/C=C\C/C=C\C/C=C\C/C=C\CCCCCCCCCC(=O)NC(COC1OC(CO)C(O)C(O)C1O)C(O)/C=C/CC/C=C/CCCC. The molecule has 1 aliphatic rings. The van der Waals surface area contributed by atoms with E-state index in [1.807, 2.05) is 6.08 Å². The minimum Gasteiger partial charge on any atom is -0.394 e. The van der Waals surface area contributed by atoms with Gasteiger partial charge in [0.15, 0.2) is 6.29 Å². The van der Waals surface area contributed by atoms with Gasteiger partial charge in [-0.2, -0.15) is 0 Å². The van der Waals surface area contributed by atoms with E-state index < -0.39 is 49.5 Å². The highest BCUT2D eigenvalue weighted by atomic mass is 16.7. The molecule has 9 nitrogen and oxygen atoms in total. The Balaban J connectivity index is 2.32. The summed E-state index contributed by atoms with van der Waals surface area (Å²) in [4.78, 5) is 12.9. The van der Waals surface area contributed by atoms with E-state index in [4.69, 9.17) is 9.47 Å². The largest absolute Gasteiger partial charge is 0.394 e. The summed E-state index contributed by atoms with van der Waals surface area (Å²) in [5.41, 5.74) is 0. The molecule has 7 atom stereocenters. The molecule has 0 spiro atoms. The molecular weight excluding hydrogens is 682 g/mol. The quantitative estimate of drug-likeness (QED) is 0.0299. The maximum Gasteiger partial charge on any atom is 0.220 e. The Morgan fingerprint density at radius 1 is 0.648 bits per heavy atom. The van der Waals surface area contributed by atoms with Gasteiger partial charge >= 0.3 is 0 Å². The van der Waals surface area contributed by atoms with Crippen molar-refractivity contribution in [2.45, 2.75) is 179 Å². The third-order valence-electron chi connectivity index (χ3n) is 9.20. The Hall–Kier alpha value is -2.63. The standard InChI is InChI=1S/C45H75NO8/c1-3-5-7-9-11-13-14-15-16-17-18-19-20-21-22-23-24-25-26-27-29-31-33-35-41(49)46-38(39(48)34-32-30-28-12-10-8-6-4-2)37-53-45-44(52)43(51)42(50)40(36-47)54-45/h5,7,10-13,15-16,18-19,21-22,32,34,38-40,42-45,47-48,50-52H,3-4,6,8-9,14,17,20,23-31,33,35-37H2,1-2H3,(H,46,49)/b7-5-,12-10+,13-11-,16-15-,19-18-,22-21-,34-32+. The van der Waals surface area contributed by atoms with Gasteiger partial charge in [-0.15, -0.1) is 0 Å². The average Bonchev–Trinajstić information content (AvgIpc) is 3.17. The highest BCUT2D eigenvalue weighted by molar-refractivity contribution is 5.76. The van der Waals surface area contributed by atoms with Crippen LogP contribution in [0.3, 0.4) is 0 Å². The molecular formula is C45H75NO8. The van der Waals surface area contributed by atoms with E-state index in [0.29, 0.717) is 6.42 Å². The van der Waals surface area contributed by atoms with Crippen LogP contribution >= 0.6 is 0 Å². The van der Waals surface area contributed by atoms with Gasteiger partial charge < -0.3 is 40.3 Å². The third kappa shape index (κ3) is 25.4. The number of hydrogen-bond donors (Lipinski definition) is 6.